The Morgan fingerprint density at radius 1 is 1.12 bits per heavy atom. The van der Waals surface area contributed by atoms with E-state index in [1.165, 1.54) is 5.56 Å². The van der Waals surface area contributed by atoms with Crippen LogP contribution in [0.4, 0.5) is 10.1 Å². The Labute approximate surface area is 156 Å². The zero-order chi connectivity index (χ0) is 17.3. The summed E-state index contributed by atoms with van der Waals surface area (Å²) in [5.41, 5.74) is 3.06. The first-order valence-corrected chi connectivity index (χ1v) is 10.1. The van der Waals surface area contributed by atoms with Gasteiger partial charge in [-0.1, -0.05) is 41.9 Å². The second-order valence-electron chi connectivity index (χ2n) is 6.73. The number of hydrogen-bond donors (Lipinski definition) is 1. The number of hydrogen-bond acceptors (Lipinski definition) is 2. The third kappa shape index (κ3) is 3.30. The van der Waals surface area contributed by atoms with Gasteiger partial charge >= 0.3 is 0 Å². The molecule has 1 N–H and O–H groups in total. The molecule has 0 aromatic heterocycles. The summed E-state index contributed by atoms with van der Waals surface area (Å²) in [7, 11) is 0. The topological polar surface area (TPSA) is 24.4 Å². The molecule has 0 amide bonds. The molecule has 0 radical (unpaired) electrons. The number of aliphatic imine (C=N–C) groups is 1. The minimum Gasteiger partial charge on any atom is -0.343 e. The van der Waals surface area contributed by atoms with Crippen molar-refractivity contribution in [2.24, 2.45) is 10.4 Å². The molecule has 2 aliphatic heterocycles. The Bertz CT molecular complexity index is 815. The second kappa shape index (κ2) is 7.00. The molecule has 0 unspecified atom stereocenters. The van der Waals surface area contributed by atoms with Crippen LogP contribution in [0.1, 0.15) is 24.0 Å². The summed E-state index contributed by atoms with van der Waals surface area (Å²) in [6.07, 6.45) is 3.22. The van der Waals surface area contributed by atoms with E-state index in [0.29, 0.717) is 12.1 Å². The van der Waals surface area contributed by atoms with Gasteiger partial charge in [0.2, 0.25) is 0 Å². The zero-order valence-corrected chi connectivity index (χ0v) is 15.5. The van der Waals surface area contributed by atoms with Crippen LogP contribution >= 0.6 is 23.4 Å². The Hall–Kier alpha value is -1.52. The van der Waals surface area contributed by atoms with Gasteiger partial charge in [-0.15, -0.1) is 0 Å². The van der Waals surface area contributed by atoms with Crippen molar-refractivity contribution in [3.05, 3.63) is 64.4 Å². The van der Waals surface area contributed by atoms with Crippen LogP contribution in [0.2, 0.25) is 5.02 Å². The predicted octanol–water partition coefficient (Wildman–Crippen LogP) is 5.56. The number of amidine groups is 1. The smallest absolute Gasteiger partial charge is 0.146 e. The van der Waals surface area contributed by atoms with Crippen molar-refractivity contribution >= 4 is 34.9 Å². The number of benzene rings is 2. The van der Waals surface area contributed by atoms with Gasteiger partial charge in [-0.25, -0.2) is 4.39 Å². The normalized spacial score (nSPS) is 20.3. The van der Waals surface area contributed by atoms with Gasteiger partial charge in [-0.2, -0.15) is 11.8 Å². The molecule has 1 fully saturated rings. The van der Waals surface area contributed by atoms with Crippen LogP contribution in [0.5, 0.6) is 0 Å². The second-order valence-corrected chi connectivity index (χ2v) is 8.36. The van der Waals surface area contributed by atoms with Crippen molar-refractivity contribution in [1.82, 2.24) is 0 Å². The van der Waals surface area contributed by atoms with Gasteiger partial charge in [0.25, 0.3) is 0 Å². The van der Waals surface area contributed by atoms with E-state index in [0.717, 1.165) is 42.3 Å². The fourth-order valence-electron chi connectivity index (χ4n) is 3.72. The highest BCUT2D eigenvalue weighted by atomic mass is 35.5. The highest BCUT2D eigenvalue weighted by molar-refractivity contribution is 7.99. The first kappa shape index (κ1) is 16.9. The van der Waals surface area contributed by atoms with E-state index in [9.17, 15) is 4.39 Å². The lowest BCUT2D eigenvalue weighted by molar-refractivity contribution is 0.377. The summed E-state index contributed by atoms with van der Waals surface area (Å²) in [4.78, 5) is 4.83. The van der Waals surface area contributed by atoms with E-state index < -0.39 is 0 Å². The molecule has 130 valence electrons. The standard InChI is InChI=1S/C20H20ClFN2S/c21-16-6-3-5-15(18(16)22)13-23-19-20(8-10-25-11-9-20)12-14-4-1-2-7-17(14)24-19/h1-7H,8-13H2,(H,23,24). The molecule has 0 bridgehead atoms. The SMILES string of the molecule is Fc1c(Cl)cccc1CN=C1Nc2ccccc2CC12CCSCC2. The van der Waals surface area contributed by atoms with Gasteiger partial charge in [0.1, 0.15) is 11.7 Å². The van der Waals surface area contributed by atoms with Gasteiger partial charge in [-0.05, 0) is 48.5 Å². The Morgan fingerprint density at radius 3 is 2.76 bits per heavy atom. The van der Waals surface area contributed by atoms with Crippen molar-refractivity contribution < 1.29 is 4.39 Å². The number of halogens is 2. The first-order valence-electron chi connectivity index (χ1n) is 8.58. The Kier molecular flexibility index (Phi) is 4.74. The summed E-state index contributed by atoms with van der Waals surface area (Å²) in [6, 6.07) is 13.5. The largest absolute Gasteiger partial charge is 0.343 e. The van der Waals surface area contributed by atoms with E-state index in [2.05, 4.69) is 23.5 Å². The van der Waals surface area contributed by atoms with Crippen LogP contribution in [-0.4, -0.2) is 17.3 Å². The van der Waals surface area contributed by atoms with Crippen LogP contribution in [0.15, 0.2) is 47.5 Å². The van der Waals surface area contributed by atoms with Crippen LogP contribution in [-0.2, 0) is 13.0 Å². The summed E-state index contributed by atoms with van der Waals surface area (Å²) < 4.78 is 14.2. The number of para-hydroxylation sites is 1. The van der Waals surface area contributed by atoms with E-state index >= 15 is 0 Å². The number of thioether (sulfide) groups is 1. The maximum atomic E-state index is 14.2. The lowest BCUT2D eigenvalue weighted by Crippen LogP contribution is -2.44. The lowest BCUT2D eigenvalue weighted by Gasteiger charge is -2.42. The number of nitrogens with one attached hydrogen (secondary N) is 1. The molecule has 4 rings (SSSR count). The van der Waals surface area contributed by atoms with Gasteiger partial charge in [0, 0.05) is 16.7 Å². The highest BCUT2D eigenvalue weighted by Gasteiger charge is 2.41. The fraction of sp³-hybridized carbons (Fsp3) is 0.350. The van der Waals surface area contributed by atoms with E-state index in [-0.39, 0.29) is 16.3 Å². The summed E-state index contributed by atoms with van der Waals surface area (Å²) in [5, 5.41) is 3.70. The minimum atomic E-state index is -0.363. The molecular weight excluding hydrogens is 355 g/mol. The molecule has 25 heavy (non-hydrogen) atoms. The molecule has 2 nitrogen and oxygen atoms in total. The molecule has 2 heterocycles. The van der Waals surface area contributed by atoms with Crippen molar-refractivity contribution in [3.63, 3.8) is 0 Å². The number of rotatable bonds is 2. The van der Waals surface area contributed by atoms with Crippen LogP contribution < -0.4 is 5.32 Å². The van der Waals surface area contributed by atoms with Crippen LogP contribution in [0.25, 0.3) is 0 Å². The molecule has 0 atom stereocenters. The lowest BCUT2D eigenvalue weighted by atomic mass is 9.73. The van der Waals surface area contributed by atoms with Crippen molar-refractivity contribution in [3.8, 4) is 0 Å². The van der Waals surface area contributed by atoms with Crippen molar-refractivity contribution in [2.45, 2.75) is 25.8 Å². The maximum Gasteiger partial charge on any atom is 0.146 e. The van der Waals surface area contributed by atoms with E-state index in [4.69, 9.17) is 16.6 Å². The number of nitrogens with zero attached hydrogens (tertiary/aromatic N) is 1. The third-order valence-corrected chi connectivity index (χ3v) is 6.47. The molecule has 2 aromatic rings. The molecule has 0 saturated carbocycles. The van der Waals surface area contributed by atoms with Crippen molar-refractivity contribution in [1.29, 1.82) is 0 Å². The quantitative estimate of drug-likeness (QED) is 0.744. The van der Waals surface area contributed by atoms with Gasteiger partial charge < -0.3 is 5.32 Å². The molecule has 5 heteroatoms. The molecule has 1 spiro atoms. The third-order valence-electron chi connectivity index (χ3n) is 5.19. The maximum absolute atomic E-state index is 14.2. The molecule has 0 aliphatic carbocycles. The van der Waals surface area contributed by atoms with Crippen LogP contribution in [0, 0.1) is 11.2 Å². The monoisotopic (exact) mass is 374 g/mol. The predicted molar refractivity (Wildman–Crippen MR) is 105 cm³/mol. The van der Waals surface area contributed by atoms with Gasteiger partial charge in [-0.3, -0.25) is 4.99 Å². The fourth-order valence-corrected chi connectivity index (χ4v) is 5.19. The first-order chi connectivity index (χ1) is 12.2. The summed E-state index contributed by atoms with van der Waals surface area (Å²) >= 11 is 7.91. The minimum absolute atomic E-state index is 0.0503. The molecule has 2 aliphatic rings. The molecule has 2 aromatic carbocycles. The summed E-state index contributed by atoms with van der Waals surface area (Å²) in [6.45, 7) is 0.311. The number of fused-ring (bicyclic) bond motifs is 1. The molecular formula is C20H20ClFN2S. The van der Waals surface area contributed by atoms with Gasteiger partial charge in [0.05, 0.1) is 11.6 Å². The number of anilines is 1. The average Bonchev–Trinajstić information content (AvgIpc) is 2.64. The molecule has 1 saturated heterocycles. The average molecular weight is 375 g/mol. The van der Waals surface area contributed by atoms with Crippen LogP contribution in [0.3, 0.4) is 0 Å². The Morgan fingerprint density at radius 2 is 1.92 bits per heavy atom. The Balaban J connectivity index is 1.68. The van der Waals surface area contributed by atoms with Gasteiger partial charge in [0.15, 0.2) is 0 Å². The van der Waals surface area contributed by atoms with Crippen molar-refractivity contribution in [2.75, 3.05) is 16.8 Å². The highest BCUT2D eigenvalue weighted by Crippen LogP contribution is 2.44. The summed E-state index contributed by atoms with van der Waals surface area (Å²) in [5.74, 6) is 2.94. The van der Waals surface area contributed by atoms with E-state index in [1.54, 1.807) is 18.2 Å². The zero-order valence-electron chi connectivity index (χ0n) is 13.9. The van der Waals surface area contributed by atoms with E-state index in [1.807, 2.05) is 17.8 Å².